The number of aromatic nitrogens is 4. The zero-order valence-corrected chi connectivity index (χ0v) is 15.4. The van der Waals surface area contributed by atoms with Gasteiger partial charge in [-0.1, -0.05) is 30.3 Å². The quantitative estimate of drug-likeness (QED) is 0.299. The van der Waals surface area contributed by atoms with Crippen molar-refractivity contribution in [3.05, 3.63) is 78.2 Å². The van der Waals surface area contributed by atoms with Gasteiger partial charge >= 0.3 is 5.97 Å². The molecule has 0 bridgehead atoms. The molecule has 0 saturated heterocycles. The van der Waals surface area contributed by atoms with Crippen LogP contribution in [0.4, 0.5) is 0 Å². The predicted molar refractivity (Wildman–Crippen MR) is 104 cm³/mol. The largest absolute Gasteiger partial charge is 0.465 e. The monoisotopic (exact) mass is 376 g/mol. The Bertz CT molecular complexity index is 1080. The van der Waals surface area contributed by atoms with Crippen molar-refractivity contribution in [2.24, 2.45) is 0 Å². The van der Waals surface area contributed by atoms with Crippen molar-refractivity contribution >= 4 is 28.8 Å². The molecule has 0 amide bonds. The van der Waals surface area contributed by atoms with Gasteiger partial charge in [0.25, 0.3) is 0 Å². The number of hydrogen-bond acceptors (Lipinski definition) is 6. The third-order valence-electron chi connectivity index (χ3n) is 4.08. The molecule has 134 valence electrons. The van der Waals surface area contributed by atoms with Gasteiger partial charge in [0.15, 0.2) is 5.65 Å². The van der Waals surface area contributed by atoms with E-state index in [1.54, 1.807) is 36.4 Å². The Hall–Kier alpha value is -3.19. The van der Waals surface area contributed by atoms with Gasteiger partial charge in [-0.25, -0.2) is 19.4 Å². The first-order valence-corrected chi connectivity index (χ1v) is 9.29. The number of thioether (sulfide) groups is 1. The average Bonchev–Trinajstić information content (AvgIpc) is 3.17. The number of fused-ring (bicyclic) bond motifs is 1. The lowest BCUT2D eigenvalue weighted by atomic mass is 10.1. The molecule has 0 aliphatic carbocycles. The lowest BCUT2D eigenvalue weighted by Gasteiger charge is -2.05. The molecule has 0 fully saturated rings. The fourth-order valence-electron chi connectivity index (χ4n) is 2.70. The van der Waals surface area contributed by atoms with Crippen LogP contribution in [-0.2, 0) is 10.5 Å². The van der Waals surface area contributed by atoms with Gasteiger partial charge in [0.1, 0.15) is 11.4 Å². The molecule has 4 aromatic rings. The summed E-state index contributed by atoms with van der Waals surface area (Å²) in [5, 5.41) is 6.26. The zero-order valence-electron chi connectivity index (χ0n) is 14.6. The fraction of sp³-hybridized carbons (Fsp3) is 0.100. The molecule has 2 aromatic carbocycles. The molecular formula is C20H16N4O2S. The summed E-state index contributed by atoms with van der Waals surface area (Å²) in [7, 11) is 1.38. The van der Waals surface area contributed by atoms with Crippen LogP contribution in [0.15, 0.2) is 72.1 Å². The van der Waals surface area contributed by atoms with Gasteiger partial charge in [-0.05, 0) is 29.8 Å². The molecule has 2 aromatic heterocycles. The molecule has 7 heteroatoms. The lowest BCUT2D eigenvalue weighted by molar-refractivity contribution is 0.0600. The first kappa shape index (κ1) is 17.2. The lowest BCUT2D eigenvalue weighted by Crippen LogP contribution is -2.00. The third kappa shape index (κ3) is 3.54. The molecule has 0 unspecified atom stereocenters. The molecule has 6 nitrogen and oxygen atoms in total. The number of nitrogens with zero attached hydrogens (tertiary/aromatic N) is 4. The van der Waals surface area contributed by atoms with Crippen LogP contribution < -0.4 is 0 Å². The molecule has 4 rings (SSSR count). The van der Waals surface area contributed by atoms with Gasteiger partial charge in [0.2, 0.25) is 0 Å². The topological polar surface area (TPSA) is 69.9 Å². The molecule has 0 N–H and O–H groups in total. The summed E-state index contributed by atoms with van der Waals surface area (Å²) in [6.07, 6.45) is 3.36. The Kier molecular flexibility index (Phi) is 4.84. The van der Waals surface area contributed by atoms with E-state index in [4.69, 9.17) is 4.74 Å². The summed E-state index contributed by atoms with van der Waals surface area (Å²) in [6, 6.07) is 17.3. The third-order valence-corrected chi connectivity index (χ3v) is 5.16. The van der Waals surface area contributed by atoms with E-state index >= 15 is 0 Å². The van der Waals surface area contributed by atoms with Crippen LogP contribution in [0.25, 0.3) is 16.7 Å². The number of benzene rings is 2. The van der Waals surface area contributed by atoms with Crippen LogP contribution >= 0.6 is 11.8 Å². The summed E-state index contributed by atoms with van der Waals surface area (Å²) in [4.78, 5) is 20.3. The van der Waals surface area contributed by atoms with Crippen molar-refractivity contribution < 1.29 is 9.53 Å². The minimum Gasteiger partial charge on any atom is -0.465 e. The van der Waals surface area contributed by atoms with Crippen molar-refractivity contribution in [1.29, 1.82) is 0 Å². The molecule has 0 aliphatic rings. The first-order valence-electron chi connectivity index (χ1n) is 8.30. The highest BCUT2D eigenvalue weighted by atomic mass is 32.2. The summed E-state index contributed by atoms with van der Waals surface area (Å²) in [6.45, 7) is 0. The Labute approximate surface area is 160 Å². The smallest absolute Gasteiger partial charge is 0.337 e. The number of para-hydroxylation sites is 1. The maximum Gasteiger partial charge on any atom is 0.337 e. The van der Waals surface area contributed by atoms with Crippen LogP contribution in [0, 0.1) is 0 Å². The van der Waals surface area contributed by atoms with E-state index in [0.717, 1.165) is 33.1 Å². The van der Waals surface area contributed by atoms with E-state index in [1.165, 1.54) is 7.11 Å². The Balaban J connectivity index is 1.56. The highest BCUT2D eigenvalue weighted by Gasteiger charge is 2.12. The molecule has 0 saturated carbocycles. The number of carbonyl (C=O) groups is 1. The van der Waals surface area contributed by atoms with Gasteiger partial charge in [-0.3, -0.25) is 0 Å². The summed E-state index contributed by atoms with van der Waals surface area (Å²) >= 11 is 1.61. The van der Waals surface area contributed by atoms with Gasteiger partial charge in [0.05, 0.1) is 29.9 Å². The summed E-state index contributed by atoms with van der Waals surface area (Å²) in [5.41, 5.74) is 3.37. The first-order chi connectivity index (χ1) is 13.3. The van der Waals surface area contributed by atoms with Gasteiger partial charge in [-0.2, -0.15) is 5.10 Å². The number of ether oxygens (including phenoxy) is 1. The van der Waals surface area contributed by atoms with Crippen LogP contribution in [0.3, 0.4) is 0 Å². The van der Waals surface area contributed by atoms with E-state index in [2.05, 4.69) is 15.1 Å². The number of methoxy groups -OCH3 is 1. The van der Waals surface area contributed by atoms with Crippen LogP contribution in [0.2, 0.25) is 0 Å². The average molecular weight is 376 g/mol. The molecule has 0 atom stereocenters. The molecule has 0 spiro atoms. The van der Waals surface area contributed by atoms with Crippen LogP contribution in [-0.4, -0.2) is 32.8 Å². The second-order valence-electron chi connectivity index (χ2n) is 5.79. The predicted octanol–water partition coefficient (Wildman–Crippen LogP) is 3.89. The SMILES string of the molecule is COC(=O)c1ccc(CSc2ncnc3c2cnn3-c2ccccc2)cc1. The van der Waals surface area contributed by atoms with Crippen molar-refractivity contribution in [1.82, 2.24) is 19.7 Å². The van der Waals surface area contributed by atoms with E-state index in [9.17, 15) is 4.79 Å². The number of rotatable bonds is 5. The van der Waals surface area contributed by atoms with Gasteiger partial charge in [0, 0.05) is 5.75 Å². The Morgan fingerprint density at radius 2 is 1.85 bits per heavy atom. The highest BCUT2D eigenvalue weighted by Crippen LogP contribution is 2.28. The van der Waals surface area contributed by atoms with E-state index in [0.29, 0.717) is 5.56 Å². The molecule has 0 aliphatic heterocycles. The molecular weight excluding hydrogens is 360 g/mol. The Morgan fingerprint density at radius 1 is 1.07 bits per heavy atom. The normalized spacial score (nSPS) is 10.9. The number of hydrogen-bond donors (Lipinski definition) is 0. The molecule has 27 heavy (non-hydrogen) atoms. The van der Waals surface area contributed by atoms with Crippen molar-refractivity contribution in [3.8, 4) is 5.69 Å². The van der Waals surface area contributed by atoms with Gasteiger partial charge < -0.3 is 4.74 Å². The van der Waals surface area contributed by atoms with Gasteiger partial charge in [-0.15, -0.1) is 11.8 Å². The maximum atomic E-state index is 11.5. The second kappa shape index (κ2) is 7.59. The standard InChI is InChI=1S/C20H16N4O2S/c1-26-20(25)15-9-7-14(8-10-15)12-27-19-17-11-23-24(18(17)21-13-22-19)16-5-3-2-4-6-16/h2-11,13H,12H2,1H3. The van der Waals surface area contributed by atoms with Crippen molar-refractivity contribution in [2.75, 3.05) is 7.11 Å². The van der Waals surface area contributed by atoms with Crippen molar-refractivity contribution in [3.63, 3.8) is 0 Å². The maximum absolute atomic E-state index is 11.5. The molecule has 2 heterocycles. The fourth-order valence-corrected chi connectivity index (χ4v) is 3.62. The summed E-state index contributed by atoms with van der Waals surface area (Å²) < 4.78 is 6.53. The van der Waals surface area contributed by atoms with E-state index in [1.807, 2.05) is 47.1 Å². The van der Waals surface area contributed by atoms with E-state index < -0.39 is 0 Å². The Morgan fingerprint density at radius 3 is 2.59 bits per heavy atom. The van der Waals surface area contributed by atoms with Crippen LogP contribution in [0.5, 0.6) is 0 Å². The summed E-state index contributed by atoms with van der Waals surface area (Å²) in [5.74, 6) is 0.393. The van der Waals surface area contributed by atoms with Crippen molar-refractivity contribution in [2.45, 2.75) is 10.8 Å². The molecule has 0 radical (unpaired) electrons. The van der Waals surface area contributed by atoms with E-state index in [-0.39, 0.29) is 5.97 Å². The second-order valence-corrected chi connectivity index (χ2v) is 6.75. The minimum atomic E-state index is -0.333. The number of esters is 1. The highest BCUT2D eigenvalue weighted by molar-refractivity contribution is 7.98. The van der Waals surface area contributed by atoms with Crippen LogP contribution in [0.1, 0.15) is 15.9 Å². The minimum absolute atomic E-state index is 0.333. The zero-order chi connectivity index (χ0) is 18.6. The number of carbonyl (C=O) groups excluding carboxylic acids is 1.